The number of aromatic nitrogens is 2. The van der Waals surface area contributed by atoms with Crippen molar-refractivity contribution in [3.8, 4) is 11.3 Å². The Bertz CT molecular complexity index is 565. The molecule has 2 rings (SSSR count). The maximum absolute atomic E-state index is 12.8. The lowest BCUT2D eigenvalue weighted by atomic mass is 10.1. The van der Waals surface area contributed by atoms with Crippen LogP contribution in [0.25, 0.3) is 11.3 Å². The lowest BCUT2D eigenvalue weighted by Crippen LogP contribution is -2.22. The number of hydrogen-bond acceptors (Lipinski definition) is 2. The van der Waals surface area contributed by atoms with Gasteiger partial charge in [-0.15, -0.1) is 0 Å². The molecule has 3 nitrogen and oxygen atoms in total. The molecule has 1 aromatic carbocycles. The Hall–Kier alpha value is -1.49. The monoisotopic (exact) mass is 296 g/mol. The Balaban J connectivity index is 2.42. The van der Waals surface area contributed by atoms with Gasteiger partial charge in [-0.05, 0) is 30.3 Å². The Labute approximate surface area is 106 Å². The molecule has 17 heavy (non-hydrogen) atoms. The van der Waals surface area contributed by atoms with E-state index in [1.807, 2.05) is 0 Å². The van der Waals surface area contributed by atoms with Crippen LogP contribution < -0.4 is 5.56 Å². The van der Waals surface area contributed by atoms with Gasteiger partial charge in [0, 0.05) is 17.0 Å². The van der Waals surface area contributed by atoms with Gasteiger partial charge >= 0.3 is 0 Å². The van der Waals surface area contributed by atoms with E-state index in [0.29, 0.717) is 17.6 Å². The number of aryl methyl sites for hydroxylation is 1. The summed E-state index contributed by atoms with van der Waals surface area (Å²) in [7, 11) is 0. The van der Waals surface area contributed by atoms with Crippen molar-refractivity contribution in [1.29, 1.82) is 0 Å². The summed E-state index contributed by atoms with van der Waals surface area (Å²) in [6.45, 7) is 0.508. The molecule has 88 valence electrons. The average Bonchev–Trinajstić information content (AvgIpc) is 2.33. The Morgan fingerprint density at radius 3 is 2.53 bits per heavy atom. The smallest absolute Gasteiger partial charge is 0.266 e. The molecule has 0 aliphatic heterocycles. The fraction of sp³-hybridized carbons (Fsp3) is 0.167. The molecule has 0 atom stereocenters. The molecule has 0 aliphatic rings. The van der Waals surface area contributed by atoms with E-state index in [-0.39, 0.29) is 11.4 Å². The summed E-state index contributed by atoms with van der Waals surface area (Å²) in [6, 6.07) is 9.13. The third-order valence-corrected chi connectivity index (χ3v) is 2.66. The van der Waals surface area contributed by atoms with Crippen molar-refractivity contribution < 1.29 is 4.39 Å². The molecule has 0 saturated carbocycles. The van der Waals surface area contributed by atoms with Gasteiger partial charge in [-0.1, -0.05) is 15.9 Å². The second-order valence-electron chi connectivity index (χ2n) is 3.48. The molecule has 0 radical (unpaired) electrons. The number of alkyl halides is 1. The fourth-order valence-corrected chi connectivity index (χ4v) is 1.80. The van der Waals surface area contributed by atoms with Crippen LogP contribution >= 0.6 is 15.9 Å². The summed E-state index contributed by atoms with van der Waals surface area (Å²) < 4.78 is 14.2. The molecule has 0 saturated heterocycles. The van der Waals surface area contributed by atoms with Gasteiger partial charge < -0.3 is 0 Å². The van der Waals surface area contributed by atoms with Gasteiger partial charge in [0.15, 0.2) is 0 Å². The maximum Gasteiger partial charge on any atom is 0.266 e. The zero-order chi connectivity index (χ0) is 12.3. The summed E-state index contributed by atoms with van der Waals surface area (Å²) in [5.41, 5.74) is 1.30. The van der Waals surface area contributed by atoms with Crippen LogP contribution in [0.1, 0.15) is 0 Å². The molecular weight excluding hydrogens is 287 g/mol. The third kappa shape index (κ3) is 2.79. The minimum absolute atomic E-state index is 0.143. The second-order valence-corrected chi connectivity index (χ2v) is 4.27. The topological polar surface area (TPSA) is 34.9 Å². The molecule has 0 amide bonds. The molecule has 2 aromatic rings. The molecule has 1 aromatic heterocycles. The maximum atomic E-state index is 12.8. The SMILES string of the molecule is O=c1ccc(-c2ccc(F)cc2)nn1CCBr. The van der Waals surface area contributed by atoms with Crippen LogP contribution in [-0.4, -0.2) is 15.1 Å². The van der Waals surface area contributed by atoms with Crippen LogP contribution in [0.4, 0.5) is 4.39 Å². The average molecular weight is 297 g/mol. The first-order valence-electron chi connectivity index (χ1n) is 5.11. The highest BCUT2D eigenvalue weighted by atomic mass is 79.9. The highest BCUT2D eigenvalue weighted by molar-refractivity contribution is 9.09. The predicted octanol–water partition coefficient (Wildman–Crippen LogP) is 2.44. The molecule has 0 unspecified atom stereocenters. The lowest BCUT2D eigenvalue weighted by Gasteiger charge is -2.05. The second kappa shape index (κ2) is 5.23. The molecule has 0 N–H and O–H groups in total. The summed E-state index contributed by atoms with van der Waals surface area (Å²) in [4.78, 5) is 11.5. The van der Waals surface area contributed by atoms with Crippen LogP contribution in [-0.2, 0) is 6.54 Å². The van der Waals surface area contributed by atoms with Gasteiger partial charge in [0.05, 0.1) is 12.2 Å². The molecular formula is C12H10BrFN2O. The van der Waals surface area contributed by atoms with Gasteiger partial charge in [0.1, 0.15) is 5.82 Å². The molecule has 0 spiro atoms. The van der Waals surface area contributed by atoms with Crippen molar-refractivity contribution in [3.05, 3.63) is 52.6 Å². The quantitative estimate of drug-likeness (QED) is 0.816. The van der Waals surface area contributed by atoms with Crippen LogP contribution in [0.3, 0.4) is 0 Å². The molecule has 5 heteroatoms. The molecule has 0 fully saturated rings. The van der Waals surface area contributed by atoms with Crippen molar-refractivity contribution in [1.82, 2.24) is 9.78 Å². The summed E-state index contributed by atoms with van der Waals surface area (Å²) in [5.74, 6) is -0.289. The summed E-state index contributed by atoms with van der Waals surface area (Å²) in [5, 5.41) is 4.87. The zero-order valence-corrected chi connectivity index (χ0v) is 10.5. The fourth-order valence-electron chi connectivity index (χ4n) is 1.46. The first kappa shape index (κ1) is 12.0. The molecule has 0 bridgehead atoms. The van der Waals surface area contributed by atoms with Crippen LogP contribution in [0, 0.1) is 5.82 Å². The summed E-state index contributed by atoms with van der Waals surface area (Å²) >= 11 is 3.26. The van der Waals surface area contributed by atoms with Gasteiger partial charge in [0.25, 0.3) is 5.56 Å². The normalized spacial score (nSPS) is 10.5. The van der Waals surface area contributed by atoms with E-state index in [1.165, 1.54) is 22.9 Å². The lowest BCUT2D eigenvalue weighted by molar-refractivity contribution is 0.624. The van der Waals surface area contributed by atoms with Crippen molar-refractivity contribution in [3.63, 3.8) is 0 Å². The van der Waals surface area contributed by atoms with Gasteiger partial charge in [-0.3, -0.25) is 4.79 Å². The zero-order valence-electron chi connectivity index (χ0n) is 8.94. The van der Waals surface area contributed by atoms with Gasteiger partial charge in [-0.2, -0.15) is 5.10 Å². The van der Waals surface area contributed by atoms with E-state index < -0.39 is 0 Å². The van der Waals surface area contributed by atoms with Crippen molar-refractivity contribution in [2.45, 2.75) is 6.54 Å². The predicted molar refractivity (Wildman–Crippen MR) is 67.7 cm³/mol. The largest absolute Gasteiger partial charge is 0.268 e. The summed E-state index contributed by atoms with van der Waals surface area (Å²) in [6.07, 6.45) is 0. The van der Waals surface area contributed by atoms with Crippen LogP contribution in [0.5, 0.6) is 0 Å². The van der Waals surface area contributed by atoms with Crippen molar-refractivity contribution >= 4 is 15.9 Å². The number of halogens is 2. The first-order chi connectivity index (χ1) is 8.20. The van der Waals surface area contributed by atoms with Gasteiger partial charge in [-0.25, -0.2) is 9.07 Å². The van der Waals surface area contributed by atoms with E-state index in [2.05, 4.69) is 21.0 Å². The highest BCUT2D eigenvalue weighted by Gasteiger charge is 2.03. The van der Waals surface area contributed by atoms with Crippen LogP contribution in [0.2, 0.25) is 0 Å². The van der Waals surface area contributed by atoms with E-state index in [0.717, 1.165) is 5.56 Å². The van der Waals surface area contributed by atoms with E-state index >= 15 is 0 Å². The van der Waals surface area contributed by atoms with E-state index in [1.54, 1.807) is 18.2 Å². The first-order valence-corrected chi connectivity index (χ1v) is 6.23. The molecule has 1 heterocycles. The Kier molecular flexibility index (Phi) is 3.68. The number of benzene rings is 1. The Morgan fingerprint density at radius 2 is 1.88 bits per heavy atom. The Morgan fingerprint density at radius 1 is 1.18 bits per heavy atom. The van der Waals surface area contributed by atoms with E-state index in [4.69, 9.17) is 0 Å². The third-order valence-electron chi connectivity index (χ3n) is 2.30. The standard InChI is InChI=1S/C12H10BrFN2O/c13-7-8-16-12(17)6-5-11(15-16)9-1-3-10(14)4-2-9/h1-6H,7-8H2. The van der Waals surface area contributed by atoms with Crippen molar-refractivity contribution in [2.75, 3.05) is 5.33 Å². The highest BCUT2D eigenvalue weighted by Crippen LogP contribution is 2.15. The van der Waals surface area contributed by atoms with Crippen molar-refractivity contribution in [2.24, 2.45) is 0 Å². The molecule has 0 aliphatic carbocycles. The minimum Gasteiger partial charge on any atom is -0.268 e. The number of hydrogen-bond donors (Lipinski definition) is 0. The van der Waals surface area contributed by atoms with Gasteiger partial charge in [0.2, 0.25) is 0 Å². The number of rotatable bonds is 3. The minimum atomic E-state index is -0.289. The van der Waals surface area contributed by atoms with Crippen LogP contribution in [0.15, 0.2) is 41.2 Å². The van der Waals surface area contributed by atoms with E-state index in [9.17, 15) is 9.18 Å². The number of nitrogens with zero attached hydrogens (tertiary/aromatic N) is 2.